The molecule has 3 aliphatic heterocycles. The number of nitrogens with one attached hydrogen (secondary N) is 1. The van der Waals surface area contributed by atoms with Gasteiger partial charge in [-0.3, -0.25) is 0 Å². The second-order valence-electron chi connectivity index (χ2n) is 9.33. The molecule has 1 saturated heterocycles. The summed E-state index contributed by atoms with van der Waals surface area (Å²) in [6.45, 7) is 11.3. The van der Waals surface area contributed by atoms with Crippen molar-refractivity contribution in [1.82, 2.24) is 5.01 Å². The molecule has 0 radical (unpaired) electrons. The van der Waals surface area contributed by atoms with Crippen LogP contribution in [0.1, 0.15) is 61.4 Å². The van der Waals surface area contributed by atoms with Crippen molar-refractivity contribution in [2.24, 2.45) is 5.10 Å². The Bertz CT molecular complexity index is 956. The maximum absolute atomic E-state index is 6.75. The van der Waals surface area contributed by atoms with Gasteiger partial charge in [0.2, 0.25) is 5.72 Å². The van der Waals surface area contributed by atoms with E-state index in [1.165, 1.54) is 28.0 Å². The SMILES string of the molecule is Cc1ccc(C)c(C2=NN3[C@H](C2)c2ccccc2OC32CC[NH+](C(C)C)CC2)c1. The van der Waals surface area contributed by atoms with Crippen LogP contribution >= 0.6 is 0 Å². The summed E-state index contributed by atoms with van der Waals surface area (Å²) < 4.78 is 6.75. The van der Waals surface area contributed by atoms with Gasteiger partial charge in [-0.1, -0.05) is 35.9 Å². The zero-order valence-electron chi connectivity index (χ0n) is 18.0. The maximum atomic E-state index is 6.75. The van der Waals surface area contributed by atoms with E-state index in [-0.39, 0.29) is 11.8 Å². The van der Waals surface area contributed by atoms with E-state index in [2.05, 4.69) is 75.2 Å². The van der Waals surface area contributed by atoms with Crippen LogP contribution in [0, 0.1) is 13.8 Å². The molecule has 5 rings (SSSR count). The number of quaternary nitrogens is 1. The number of piperidine rings is 1. The molecule has 3 heterocycles. The monoisotopic (exact) mass is 390 g/mol. The number of fused-ring (bicyclic) bond motifs is 4. The van der Waals surface area contributed by atoms with E-state index in [0.29, 0.717) is 6.04 Å². The number of ether oxygens (including phenoxy) is 1. The molecule has 1 fully saturated rings. The Kier molecular flexibility index (Phi) is 4.43. The van der Waals surface area contributed by atoms with E-state index < -0.39 is 0 Å². The van der Waals surface area contributed by atoms with E-state index in [1.807, 2.05) is 0 Å². The number of hydrogen-bond acceptors (Lipinski definition) is 3. The fourth-order valence-corrected chi connectivity index (χ4v) is 5.31. The second kappa shape index (κ2) is 6.88. The Morgan fingerprint density at radius 2 is 1.86 bits per heavy atom. The van der Waals surface area contributed by atoms with Gasteiger partial charge in [0.1, 0.15) is 5.75 Å². The lowest BCUT2D eigenvalue weighted by molar-refractivity contribution is -0.929. The lowest BCUT2D eigenvalue weighted by atomic mass is 9.90. The first-order valence-corrected chi connectivity index (χ1v) is 11.0. The number of rotatable bonds is 2. The molecular formula is C25H32N3O+. The van der Waals surface area contributed by atoms with Crippen LogP contribution in [0.5, 0.6) is 5.75 Å². The molecule has 1 N–H and O–H groups in total. The minimum Gasteiger partial charge on any atom is -0.466 e. The molecule has 4 heteroatoms. The first-order chi connectivity index (χ1) is 14.0. The third kappa shape index (κ3) is 3.05. The van der Waals surface area contributed by atoms with Crippen LogP contribution in [0.2, 0.25) is 0 Å². The van der Waals surface area contributed by atoms with Crippen molar-refractivity contribution in [2.45, 2.75) is 64.8 Å². The highest BCUT2D eigenvalue weighted by molar-refractivity contribution is 6.03. The molecule has 0 aromatic heterocycles. The zero-order valence-corrected chi connectivity index (χ0v) is 18.0. The first-order valence-electron chi connectivity index (χ1n) is 11.0. The Labute approximate surface area is 174 Å². The number of nitrogens with zero attached hydrogens (tertiary/aromatic N) is 2. The van der Waals surface area contributed by atoms with Crippen LogP contribution in [-0.2, 0) is 0 Å². The highest BCUT2D eigenvalue weighted by atomic mass is 16.5. The number of para-hydroxylation sites is 1. The highest BCUT2D eigenvalue weighted by Crippen LogP contribution is 2.49. The van der Waals surface area contributed by atoms with Gasteiger partial charge in [0.05, 0.1) is 43.7 Å². The van der Waals surface area contributed by atoms with E-state index in [4.69, 9.17) is 9.84 Å². The maximum Gasteiger partial charge on any atom is 0.208 e. The predicted octanol–water partition coefficient (Wildman–Crippen LogP) is 3.63. The summed E-state index contributed by atoms with van der Waals surface area (Å²) in [5.74, 6) is 1.05. The molecule has 0 bridgehead atoms. The fourth-order valence-electron chi connectivity index (χ4n) is 5.31. The summed E-state index contributed by atoms with van der Waals surface area (Å²) in [4.78, 5) is 1.67. The molecule has 0 saturated carbocycles. The van der Waals surface area contributed by atoms with Crippen molar-refractivity contribution in [3.8, 4) is 5.75 Å². The number of hydrogen-bond donors (Lipinski definition) is 1. The van der Waals surface area contributed by atoms with E-state index >= 15 is 0 Å². The Hall–Kier alpha value is -2.33. The summed E-state index contributed by atoms with van der Waals surface area (Å²) >= 11 is 0. The lowest BCUT2D eigenvalue weighted by Gasteiger charge is -2.50. The average molecular weight is 391 g/mol. The third-order valence-corrected chi connectivity index (χ3v) is 7.10. The molecule has 2 aromatic carbocycles. The van der Waals surface area contributed by atoms with Gasteiger partial charge in [0, 0.05) is 17.5 Å². The molecule has 1 spiro atoms. The van der Waals surface area contributed by atoms with Gasteiger partial charge >= 0.3 is 0 Å². The van der Waals surface area contributed by atoms with Crippen LogP contribution in [0.3, 0.4) is 0 Å². The molecule has 0 aliphatic carbocycles. The third-order valence-electron chi connectivity index (χ3n) is 7.10. The fraction of sp³-hybridized carbons (Fsp3) is 0.480. The molecular weight excluding hydrogens is 358 g/mol. The minimum atomic E-state index is -0.309. The zero-order chi connectivity index (χ0) is 20.2. The molecule has 3 aliphatic rings. The average Bonchev–Trinajstić information content (AvgIpc) is 3.17. The van der Waals surface area contributed by atoms with Gasteiger partial charge in [-0.15, -0.1) is 0 Å². The van der Waals surface area contributed by atoms with Crippen molar-refractivity contribution in [3.05, 3.63) is 64.7 Å². The lowest BCUT2D eigenvalue weighted by Crippen LogP contribution is -3.16. The van der Waals surface area contributed by atoms with Gasteiger partial charge < -0.3 is 9.64 Å². The predicted molar refractivity (Wildman–Crippen MR) is 117 cm³/mol. The largest absolute Gasteiger partial charge is 0.466 e. The van der Waals surface area contributed by atoms with Gasteiger partial charge in [0.25, 0.3) is 0 Å². The Morgan fingerprint density at radius 1 is 1.10 bits per heavy atom. The van der Waals surface area contributed by atoms with Crippen LogP contribution in [-0.4, -0.2) is 35.6 Å². The number of benzene rings is 2. The van der Waals surface area contributed by atoms with Gasteiger partial charge in [-0.05, 0) is 45.4 Å². The first kappa shape index (κ1) is 18.7. The van der Waals surface area contributed by atoms with Crippen LogP contribution in [0.4, 0.5) is 0 Å². The highest BCUT2D eigenvalue weighted by Gasteiger charge is 2.53. The molecule has 29 heavy (non-hydrogen) atoms. The molecule has 152 valence electrons. The smallest absolute Gasteiger partial charge is 0.208 e. The van der Waals surface area contributed by atoms with Crippen LogP contribution < -0.4 is 9.64 Å². The molecule has 2 aromatic rings. The minimum absolute atomic E-state index is 0.274. The van der Waals surface area contributed by atoms with Gasteiger partial charge in [-0.2, -0.15) is 5.10 Å². The second-order valence-corrected chi connectivity index (χ2v) is 9.33. The van der Waals surface area contributed by atoms with Crippen LogP contribution in [0.15, 0.2) is 47.6 Å². The molecule has 0 amide bonds. The summed E-state index contributed by atoms with van der Waals surface area (Å²) in [6, 6.07) is 16.2. The van der Waals surface area contributed by atoms with Crippen molar-refractivity contribution in [1.29, 1.82) is 0 Å². The summed E-state index contributed by atoms with van der Waals surface area (Å²) in [7, 11) is 0. The summed E-state index contributed by atoms with van der Waals surface area (Å²) in [5, 5.41) is 7.58. The van der Waals surface area contributed by atoms with Crippen molar-refractivity contribution in [2.75, 3.05) is 13.1 Å². The van der Waals surface area contributed by atoms with E-state index in [0.717, 1.165) is 38.1 Å². The molecule has 1 atom stereocenters. The van der Waals surface area contributed by atoms with E-state index in [1.54, 1.807) is 4.90 Å². The molecule has 0 unspecified atom stereocenters. The van der Waals surface area contributed by atoms with Gasteiger partial charge in [-0.25, -0.2) is 5.01 Å². The molecule has 4 nitrogen and oxygen atoms in total. The Balaban J connectivity index is 1.56. The summed E-state index contributed by atoms with van der Waals surface area (Å²) in [6.07, 6.45) is 3.00. The number of likely N-dealkylation sites (tertiary alicyclic amines) is 1. The topological polar surface area (TPSA) is 29.3 Å². The van der Waals surface area contributed by atoms with Crippen LogP contribution in [0.25, 0.3) is 0 Å². The Morgan fingerprint density at radius 3 is 2.62 bits per heavy atom. The van der Waals surface area contributed by atoms with E-state index in [9.17, 15) is 0 Å². The quantitative estimate of drug-likeness (QED) is 0.848. The summed E-state index contributed by atoms with van der Waals surface area (Å²) in [5.41, 5.74) is 6.05. The normalized spacial score (nSPS) is 28.2. The van der Waals surface area contributed by atoms with Crippen molar-refractivity contribution >= 4 is 5.71 Å². The number of aryl methyl sites for hydroxylation is 2. The van der Waals surface area contributed by atoms with Gasteiger partial charge in [0.15, 0.2) is 0 Å². The number of hydrazone groups is 1. The van der Waals surface area contributed by atoms with Crippen molar-refractivity contribution < 1.29 is 9.64 Å². The van der Waals surface area contributed by atoms with Crippen molar-refractivity contribution in [3.63, 3.8) is 0 Å². The standard InChI is InChI=1S/C25H31N3O/c1-17(2)27-13-11-25(12-14-27)28-23(20-7-5-6-8-24(20)29-25)16-22(26-28)21-15-18(3)9-10-19(21)4/h5-10,15,17,23H,11-14,16H2,1-4H3/p+1/t23-/m1/s1.